The van der Waals surface area contributed by atoms with Gasteiger partial charge in [0.15, 0.2) is 0 Å². The van der Waals surface area contributed by atoms with Crippen molar-refractivity contribution in [2.24, 2.45) is 0 Å². The molecule has 0 spiro atoms. The summed E-state index contributed by atoms with van der Waals surface area (Å²) in [6, 6.07) is 12.8. The highest BCUT2D eigenvalue weighted by Crippen LogP contribution is 2.42. The first-order valence-electron chi connectivity index (χ1n) is 9.22. The Kier molecular flexibility index (Phi) is 6.20. The zero-order valence-electron chi connectivity index (χ0n) is 16.3. The number of aryl methyl sites for hydroxylation is 1. The van der Waals surface area contributed by atoms with Gasteiger partial charge in [0.1, 0.15) is 5.75 Å². The molecule has 1 amide bonds. The number of anilines is 1. The van der Waals surface area contributed by atoms with Crippen molar-refractivity contribution in [1.82, 2.24) is 8.51 Å². The van der Waals surface area contributed by atoms with Gasteiger partial charge in [-0.2, -0.15) is 0 Å². The number of fused-ring (bicyclic) bond motifs is 1. The summed E-state index contributed by atoms with van der Waals surface area (Å²) in [5, 5.41) is 1.04. The Morgan fingerprint density at radius 1 is 1.20 bits per heavy atom. The van der Waals surface area contributed by atoms with Gasteiger partial charge in [-0.3, -0.25) is 18.2 Å². The molecule has 2 heterocycles. The van der Waals surface area contributed by atoms with Crippen LogP contribution in [0.15, 0.2) is 42.5 Å². The molecule has 0 aliphatic carbocycles. The summed E-state index contributed by atoms with van der Waals surface area (Å²) in [4.78, 5) is 20.1. The molecular weight excluding hydrogens is 536 g/mol. The molecule has 4 rings (SSSR count). The molecule has 0 bridgehead atoms. The number of carbonyl (C=O) groups excluding carboxylic acids is 1. The Labute approximate surface area is 198 Å². The Morgan fingerprint density at radius 2 is 1.97 bits per heavy atom. The number of halogens is 3. The molecule has 1 aromatic heterocycles. The molecule has 0 radical (unpaired) electrons. The van der Waals surface area contributed by atoms with Gasteiger partial charge in [-0.05, 0) is 36.8 Å². The molecule has 3 aromatic rings. The van der Waals surface area contributed by atoms with Crippen molar-refractivity contribution in [3.8, 4) is 16.9 Å². The minimum absolute atomic E-state index is 0.127. The summed E-state index contributed by atoms with van der Waals surface area (Å²) in [5.41, 5.74) is 5.35. The van der Waals surface area contributed by atoms with Crippen LogP contribution in [0.2, 0.25) is 10.0 Å². The maximum Gasteiger partial charge on any atom is 0.261 e. The van der Waals surface area contributed by atoms with E-state index < -0.39 is 0 Å². The fraction of sp³-hybridized carbons (Fsp3) is 0.182. The number of hydrogen-bond acceptors (Lipinski definition) is 4. The van der Waals surface area contributed by atoms with E-state index in [2.05, 4.69) is 26.4 Å². The first-order valence-corrected chi connectivity index (χ1v) is 11.1. The number of nitrogens with zero attached hydrogens (tertiary/aromatic N) is 2. The molecule has 0 saturated carbocycles. The smallest absolute Gasteiger partial charge is 0.261 e. The largest absolute Gasteiger partial charge is 0.495 e. The number of ether oxygens (including phenoxy) is 1. The average molecular weight is 554 g/mol. The van der Waals surface area contributed by atoms with Crippen molar-refractivity contribution in [2.45, 2.75) is 20.0 Å². The van der Waals surface area contributed by atoms with E-state index in [4.69, 9.17) is 32.9 Å². The van der Waals surface area contributed by atoms with Gasteiger partial charge in [-0.15, -0.1) is 0 Å². The Morgan fingerprint density at radius 3 is 2.67 bits per heavy atom. The summed E-state index contributed by atoms with van der Waals surface area (Å²) in [6.07, 6.45) is 0. The summed E-state index contributed by atoms with van der Waals surface area (Å²) < 4.78 is 8.63. The number of pyridine rings is 1. The van der Waals surface area contributed by atoms with E-state index in [1.807, 2.05) is 37.3 Å². The lowest BCUT2D eigenvalue weighted by Gasteiger charge is -2.19. The monoisotopic (exact) mass is 553 g/mol. The van der Waals surface area contributed by atoms with Gasteiger partial charge in [-0.1, -0.05) is 41.4 Å². The first-order chi connectivity index (χ1) is 14.5. The summed E-state index contributed by atoms with van der Waals surface area (Å²) in [6.45, 7) is 2.86. The molecule has 8 heteroatoms. The van der Waals surface area contributed by atoms with E-state index in [0.717, 1.165) is 28.1 Å². The number of para-hydroxylation sites is 2. The van der Waals surface area contributed by atoms with Crippen LogP contribution in [0.4, 0.5) is 5.69 Å². The second kappa shape index (κ2) is 8.70. The highest BCUT2D eigenvalue weighted by Gasteiger charge is 2.36. The molecule has 154 valence electrons. The van der Waals surface area contributed by atoms with Crippen molar-refractivity contribution in [2.75, 3.05) is 12.0 Å². The molecule has 2 aromatic carbocycles. The van der Waals surface area contributed by atoms with Crippen molar-refractivity contribution in [3.63, 3.8) is 0 Å². The SMILES string of the molecule is COc1ccccc1N1Cc2nc(C)c(CNI)c(-c3ccc(Cl)cc3Cl)c2C1=O. The molecule has 5 nitrogen and oxygen atoms in total. The maximum absolute atomic E-state index is 13.6. The fourth-order valence-electron chi connectivity index (χ4n) is 3.82. The van der Waals surface area contributed by atoms with Crippen LogP contribution >= 0.6 is 46.1 Å². The second-order valence-electron chi connectivity index (χ2n) is 6.87. The highest BCUT2D eigenvalue weighted by molar-refractivity contribution is 14.1. The quantitative estimate of drug-likeness (QED) is 0.312. The van der Waals surface area contributed by atoms with Crippen LogP contribution in [0.5, 0.6) is 5.75 Å². The number of hydrogen-bond donors (Lipinski definition) is 1. The number of carbonyl (C=O) groups is 1. The predicted molar refractivity (Wildman–Crippen MR) is 129 cm³/mol. The summed E-state index contributed by atoms with van der Waals surface area (Å²) >= 11 is 14.8. The standard InChI is InChI=1S/C22H18Cl2IN3O2/c1-12-15(10-26-25)20(14-8-7-13(23)9-16(14)24)21-17(27-12)11-28(22(21)29)18-5-3-4-6-19(18)30-2/h3-9,26H,10-11H2,1-2H3. The van der Waals surface area contributed by atoms with Gasteiger partial charge in [0.05, 0.1) is 30.6 Å². The van der Waals surface area contributed by atoms with Crippen molar-refractivity contribution < 1.29 is 9.53 Å². The molecular formula is C22H18Cl2IN3O2. The average Bonchev–Trinajstić information content (AvgIpc) is 3.05. The minimum Gasteiger partial charge on any atom is -0.495 e. The molecule has 0 saturated heterocycles. The number of aromatic nitrogens is 1. The second-order valence-corrected chi connectivity index (χ2v) is 8.48. The molecule has 0 fully saturated rings. The molecule has 30 heavy (non-hydrogen) atoms. The van der Waals surface area contributed by atoms with Crippen molar-refractivity contribution in [3.05, 3.63) is 75.0 Å². The predicted octanol–water partition coefficient (Wildman–Crippen LogP) is 5.97. The zero-order chi connectivity index (χ0) is 21.4. The Balaban J connectivity index is 1.95. The zero-order valence-corrected chi connectivity index (χ0v) is 20.0. The van der Waals surface area contributed by atoms with Crippen LogP contribution in [0.3, 0.4) is 0 Å². The molecule has 1 aliphatic heterocycles. The van der Waals surface area contributed by atoms with Gasteiger partial charge in [0.25, 0.3) is 5.91 Å². The van der Waals surface area contributed by atoms with Gasteiger partial charge in [-0.25, -0.2) is 0 Å². The van der Waals surface area contributed by atoms with Gasteiger partial charge >= 0.3 is 0 Å². The molecule has 1 aliphatic rings. The molecule has 1 N–H and O–H groups in total. The fourth-order valence-corrected chi connectivity index (χ4v) is 4.71. The van der Waals surface area contributed by atoms with Crippen molar-refractivity contribution in [1.29, 1.82) is 0 Å². The number of benzene rings is 2. The third kappa shape index (κ3) is 3.66. The Hall–Kier alpha value is -1.87. The molecule has 0 atom stereocenters. The van der Waals surface area contributed by atoms with Crippen LogP contribution < -0.4 is 13.2 Å². The van der Waals surface area contributed by atoms with Crippen molar-refractivity contribution >= 4 is 57.7 Å². The van der Waals surface area contributed by atoms with E-state index in [1.54, 1.807) is 24.1 Å². The summed E-state index contributed by atoms with van der Waals surface area (Å²) in [5.74, 6) is 0.508. The van der Waals surface area contributed by atoms with E-state index in [0.29, 0.717) is 40.1 Å². The third-order valence-electron chi connectivity index (χ3n) is 5.17. The normalized spacial score (nSPS) is 13.0. The van der Waals surface area contributed by atoms with Crippen LogP contribution in [0.1, 0.15) is 27.3 Å². The lowest BCUT2D eigenvalue weighted by Crippen LogP contribution is -2.24. The van der Waals surface area contributed by atoms with Crippen LogP contribution in [0, 0.1) is 6.92 Å². The lowest BCUT2D eigenvalue weighted by atomic mass is 9.93. The Bertz CT molecular complexity index is 1150. The van der Waals surface area contributed by atoms with E-state index >= 15 is 0 Å². The minimum atomic E-state index is -0.127. The number of amides is 1. The lowest BCUT2D eigenvalue weighted by molar-refractivity contribution is 0.0996. The highest BCUT2D eigenvalue weighted by atomic mass is 127. The number of rotatable bonds is 5. The maximum atomic E-state index is 13.6. The van der Waals surface area contributed by atoms with Crippen LogP contribution in [0.25, 0.3) is 11.1 Å². The van der Waals surface area contributed by atoms with Gasteiger partial charge < -0.3 is 4.74 Å². The topological polar surface area (TPSA) is 54.5 Å². The van der Waals surface area contributed by atoms with E-state index in [-0.39, 0.29) is 5.91 Å². The van der Waals surface area contributed by atoms with E-state index in [1.165, 1.54) is 0 Å². The van der Waals surface area contributed by atoms with E-state index in [9.17, 15) is 4.79 Å². The third-order valence-corrected chi connectivity index (χ3v) is 6.10. The summed E-state index contributed by atoms with van der Waals surface area (Å²) in [7, 11) is 1.60. The van der Waals surface area contributed by atoms with Crippen LogP contribution in [-0.2, 0) is 13.1 Å². The number of methoxy groups -OCH3 is 1. The first kappa shape index (κ1) is 21.4. The van der Waals surface area contributed by atoms with Crippen LogP contribution in [-0.4, -0.2) is 18.0 Å². The number of nitrogens with one attached hydrogen (secondary N) is 1. The molecule has 0 unspecified atom stereocenters. The van der Waals surface area contributed by atoms with Gasteiger partial charge in [0, 0.05) is 56.3 Å². The van der Waals surface area contributed by atoms with Gasteiger partial charge in [0.2, 0.25) is 0 Å².